The van der Waals surface area contributed by atoms with Crippen LogP contribution < -0.4 is 10.6 Å². The molecule has 3 atom stereocenters. The standard InChI is InChI=1S/C15H30N2O4/c1-8-10(2)12(13(18)20-7)17-11(3)9-16-14(19)21-15(4,5)6/h10-12,17H,8-9H2,1-7H3,(H,16,19). The van der Waals surface area contributed by atoms with Crippen LogP contribution in [0.15, 0.2) is 0 Å². The normalized spacial score (nSPS) is 15.8. The number of rotatable bonds is 7. The molecule has 124 valence electrons. The van der Waals surface area contributed by atoms with Crippen LogP contribution in [-0.2, 0) is 14.3 Å². The molecule has 0 fully saturated rings. The first-order valence-electron chi connectivity index (χ1n) is 7.41. The largest absolute Gasteiger partial charge is 0.468 e. The van der Waals surface area contributed by atoms with Crippen molar-refractivity contribution in [3.63, 3.8) is 0 Å². The highest BCUT2D eigenvalue weighted by atomic mass is 16.6. The first-order valence-corrected chi connectivity index (χ1v) is 7.41. The van der Waals surface area contributed by atoms with Crippen molar-refractivity contribution in [3.8, 4) is 0 Å². The Morgan fingerprint density at radius 2 is 1.76 bits per heavy atom. The average molecular weight is 302 g/mol. The maximum Gasteiger partial charge on any atom is 0.407 e. The van der Waals surface area contributed by atoms with Crippen molar-refractivity contribution in [3.05, 3.63) is 0 Å². The van der Waals surface area contributed by atoms with Crippen molar-refractivity contribution in [1.29, 1.82) is 0 Å². The van der Waals surface area contributed by atoms with Gasteiger partial charge in [0.1, 0.15) is 11.6 Å². The minimum atomic E-state index is -0.522. The summed E-state index contributed by atoms with van der Waals surface area (Å²) in [6, 6.07) is -0.453. The third kappa shape index (κ3) is 8.55. The summed E-state index contributed by atoms with van der Waals surface area (Å²) in [5.41, 5.74) is -0.522. The van der Waals surface area contributed by atoms with Crippen LogP contribution >= 0.6 is 0 Å². The second-order valence-corrected chi connectivity index (χ2v) is 6.34. The van der Waals surface area contributed by atoms with Gasteiger partial charge in [-0.3, -0.25) is 10.1 Å². The van der Waals surface area contributed by atoms with Crippen molar-refractivity contribution in [2.45, 2.75) is 65.6 Å². The zero-order valence-electron chi connectivity index (χ0n) is 14.3. The lowest BCUT2D eigenvalue weighted by Gasteiger charge is -2.26. The second-order valence-electron chi connectivity index (χ2n) is 6.34. The summed E-state index contributed by atoms with van der Waals surface area (Å²) in [5, 5.41) is 5.87. The van der Waals surface area contributed by atoms with Gasteiger partial charge in [-0.05, 0) is 33.6 Å². The van der Waals surface area contributed by atoms with Crippen LogP contribution in [-0.4, -0.2) is 43.4 Å². The first-order chi connectivity index (χ1) is 9.60. The van der Waals surface area contributed by atoms with Crippen LogP contribution in [0.2, 0.25) is 0 Å². The Kier molecular flexibility index (Phi) is 8.32. The highest BCUT2D eigenvalue weighted by molar-refractivity contribution is 5.76. The molecule has 0 bridgehead atoms. The summed E-state index contributed by atoms with van der Waals surface area (Å²) in [6.07, 6.45) is 0.396. The van der Waals surface area contributed by atoms with Crippen LogP contribution in [0.4, 0.5) is 4.79 Å². The second kappa shape index (κ2) is 8.87. The fraction of sp³-hybridized carbons (Fsp3) is 0.867. The molecular formula is C15H30N2O4. The van der Waals surface area contributed by atoms with Gasteiger partial charge in [0.2, 0.25) is 0 Å². The van der Waals surface area contributed by atoms with E-state index in [9.17, 15) is 9.59 Å². The molecule has 0 spiro atoms. The van der Waals surface area contributed by atoms with Gasteiger partial charge in [0.25, 0.3) is 0 Å². The van der Waals surface area contributed by atoms with Crippen LogP contribution in [0.1, 0.15) is 48.0 Å². The fourth-order valence-electron chi connectivity index (χ4n) is 1.74. The molecule has 0 aromatic heterocycles. The van der Waals surface area contributed by atoms with E-state index in [1.165, 1.54) is 7.11 Å². The number of alkyl carbamates (subject to hydrolysis) is 1. The Labute approximate surface area is 127 Å². The number of methoxy groups -OCH3 is 1. The predicted molar refractivity (Wildman–Crippen MR) is 82.1 cm³/mol. The van der Waals surface area contributed by atoms with Crippen molar-refractivity contribution in [2.24, 2.45) is 5.92 Å². The summed E-state index contributed by atoms with van der Waals surface area (Å²) in [7, 11) is 1.38. The van der Waals surface area contributed by atoms with E-state index in [0.717, 1.165) is 6.42 Å². The van der Waals surface area contributed by atoms with Crippen molar-refractivity contribution in [1.82, 2.24) is 10.6 Å². The molecule has 0 saturated carbocycles. The number of amides is 1. The Hall–Kier alpha value is -1.30. The number of nitrogens with one attached hydrogen (secondary N) is 2. The predicted octanol–water partition coefficient (Wildman–Crippen LogP) is 2.08. The molecule has 6 heteroatoms. The molecule has 0 aromatic carbocycles. The van der Waals surface area contributed by atoms with Crippen LogP contribution in [0.5, 0.6) is 0 Å². The van der Waals surface area contributed by atoms with Crippen LogP contribution in [0.3, 0.4) is 0 Å². The van der Waals surface area contributed by atoms with E-state index in [0.29, 0.717) is 6.54 Å². The van der Waals surface area contributed by atoms with E-state index in [4.69, 9.17) is 9.47 Å². The number of hydrogen-bond donors (Lipinski definition) is 2. The highest BCUT2D eigenvalue weighted by Crippen LogP contribution is 2.10. The van der Waals surface area contributed by atoms with Gasteiger partial charge in [-0.15, -0.1) is 0 Å². The van der Waals surface area contributed by atoms with E-state index in [1.54, 1.807) is 0 Å². The number of carbonyl (C=O) groups excluding carboxylic acids is 2. The third-order valence-electron chi connectivity index (χ3n) is 3.08. The topological polar surface area (TPSA) is 76.7 Å². The van der Waals surface area contributed by atoms with Gasteiger partial charge in [0, 0.05) is 12.6 Å². The van der Waals surface area contributed by atoms with E-state index in [-0.39, 0.29) is 24.0 Å². The van der Waals surface area contributed by atoms with Gasteiger partial charge in [0.15, 0.2) is 0 Å². The minimum Gasteiger partial charge on any atom is -0.468 e. The Bertz CT molecular complexity index is 339. The SMILES string of the molecule is CCC(C)C(NC(C)CNC(=O)OC(C)(C)C)C(=O)OC. The summed E-state index contributed by atoms with van der Waals surface area (Å²) < 4.78 is 9.98. The van der Waals surface area contributed by atoms with Crippen LogP contribution in [0.25, 0.3) is 0 Å². The quantitative estimate of drug-likeness (QED) is 0.704. The van der Waals surface area contributed by atoms with E-state index >= 15 is 0 Å². The van der Waals surface area contributed by atoms with Crippen molar-refractivity contribution < 1.29 is 19.1 Å². The first kappa shape index (κ1) is 19.7. The number of ether oxygens (including phenoxy) is 2. The van der Waals surface area contributed by atoms with Crippen molar-refractivity contribution >= 4 is 12.1 Å². The van der Waals surface area contributed by atoms with Gasteiger partial charge < -0.3 is 14.8 Å². The molecule has 21 heavy (non-hydrogen) atoms. The van der Waals surface area contributed by atoms with Gasteiger partial charge >= 0.3 is 12.1 Å². The minimum absolute atomic E-state index is 0.0735. The number of hydrogen-bond acceptors (Lipinski definition) is 5. The molecule has 0 rings (SSSR count). The van der Waals surface area contributed by atoms with Gasteiger partial charge in [-0.1, -0.05) is 20.3 Å². The summed E-state index contributed by atoms with van der Waals surface area (Å²) in [6.45, 7) is 11.7. The molecule has 0 saturated heterocycles. The summed E-state index contributed by atoms with van der Waals surface area (Å²) in [4.78, 5) is 23.4. The summed E-state index contributed by atoms with van der Waals surface area (Å²) >= 11 is 0. The maximum atomic E-state index is 11.8. The fourth-order valence-corrected chi connectivity index (χ4v) is 1.74. The molecule has 6 nitrogen and oxygen atoms in total. The maximum absolute atomic E-state index is 11.8. The number of carbonyl (C=O) groups is 2. The lowest BCUT2D eigenvalue weighted by molar-refractivity contribution is -0.144. The molecule has 0 aliphatic heterocycles. The summed E-state index contributed by atoms with van der Waals surface area (Å²) in [5.74, 6) is -0.130. The number of esters is 1. The lowest BCUT2D eigenvalue weighted by Crippen LogP contribution is -2.50. The monoisotopic (exact) mass is 302 g/mol. The molecule has 0 aliphatic carbocycles. The molecule has 2 N–H and O–H groups in total. The molecule has 1 amide bonds. The van der Waals surface area contributed by atoms with E-state index in [1.807, 2.05) is 41.5 Å². The van der Waals surface area contributed by atoms with Gasteiger partial charge in [-0.2, -0.15) is 0 Å². The van der Waals surface area contributed by atoms with Crippen LogP contribution in [0, 0.1) is 5.92 Å². The smallest absolute Gasteiger partial charge is 0.407 e. The Morgan fingerprint density at radius 3 is 2.19 bits per heavy atom. The molecule has 0 heterocycles. The zero-order valence-corrected chi connectivity index (χ0v) is 14.3. The van der Waals surface area contributed by atoms with Gasteiger partial charge in [0.05, 0.1) is 7.11 Å². The Balaban J connectivity index is 4.35. The lowest BCUT2D eigenvalue weighted by atomic mass is 9.98. The highest BCUT2D eigenvalue weighted by Gasteiger charge is 2.26. The van der Waals surface area contributed by atoms with E-state index in [2.05, 4.69) is 10.6 Å². The molecule has 0 aromatic rings. The average Bonchev–Trinajstić information content (AvgIpc) is 2.38. The Morgan fingerprint density at radius 1 is 1.19 bits per heavy atom. The molecule has 0 aliphatic rings. The third-order valence-corrected chi connectivity index (χ3v) is 3.08. The molecular weight excluding hydrogens is 272 g/mol. The van der Waals surface area contributed by atoms with Crippen molar-refractivity contribution in [2.75, 3.05) is 13.7 Å². The van der Waals surface area contributed by atoms with Gasteiger partial charge in [-0.25, -0.2) is 4.79 Å². The van der Waals surface area contributed by atoms with E-state index < -0.39 is 11.7 Å². The molecule has 3 unspecified atom stereocenters. The molecule has 0 radical (unpaired) electrons. The zero-order chi connectivity index (χ0) is 16.6.